The number of alkyl halides is 1. The molecule has 0 aromatic rings. The quantitative estimate of drug-likeness (QED) is 0.209. The first kappa shape index (κ1) is 15.8. The van der Waals surface area contributed by atoms with Crippen LogP contribution in [0.5, 0.6) is 0 Å². The minimum Gasteiger partial charge on any atom is -0.631 e. The van der Waals surface area contributed by atoms with Crippen LogP contribution in [0.1, 0.15) is 19.8 Å². The summed E-state index contributed by atoms with van der Waals surface area (Å²) in [5, 5.41) is 20.5. The Hall–Kier alpha value is -0.170. The van der Waals surface area contributed by atoms with Crippen LogP contribution in [0.15, 0.2) is 0 Å². The first-order valence-corrected chi connectivity index (χ1v) is 6.82. The largest absolute Gasteiger partial charge is 0.631 e. The topological polar surface area (TPSA) is 118 Å². The lowest BCUT2D eigenvalue weighted by molar-refractivity contribution is -0.875. The van der Waals surface area contributed by atoms with Crippen molar-refractivity contribution >= 4 is 25.2 Å². The molecule has 3 N–H and O–H groups in total. The summed E-state index contributed by atoms with van der Waals surface area (Å²) in [4.78, 5) is 27.9. The Bertz CT molecular complexity index is 295. The third-order valence-corrected chi connectivity index (χ3v) is 3.29. The van der Waals surface area contributed by atoms with Gasteiger partial charge in [-0.2, -0.15) is 0 Å². The zero-order valence-electron chi connectivity index (χ0n) is 8.74. The van der Waals surface area contributed by atoms with E-state index in [1.165, 1.54) is 0 Å². The Morgan fingerprint density at radius 2 is 2.06 bits per heavy atom. The van der Waals surface area contributed by atoms with Gasteiger partial charge in [-0.05, 0) is 6.42 Å². The van der Waals surface area contributed by atoms with E-state index in [1.54, 1.807) is 6.92 Å². The van der Waals surface area contributed by atoms with Gasteiger partial charge in [-0.1, -0.05) is 18.5 Å². The summed E-state index contributed by atoms with van der Waals surface area (Å²) >= 11 is 5.69. The van der Waals surface area contributed by atoms with Gasteiger partial charge in [0.25, 0.3) is 0 Å². The van der Waals surface area contributed by atoms with Gasteiger partial charge in [0.05, 0.1) is 0 Å². The van der Waals surface area contributed by atoms with Crippen LogP contribution in [0.3, 0.4) is 0 Å². The van der Waals surface area contributed by atoms with Gasteiger partial charge in [0.1, 0.15) is 0 Å². The molecular formula is C7H15ClNO6P. The van der Waals surface area contributed by atoms with Crippen LogP contribution in [-0.2, 0) is 9.36 Å². The Labute approximate surface area is 98.0 Å². The van der Waals surface area contributed by atoms with Crippen molar-refractivity contribution in [3.8, 4) is 0 Å². The summed E-state index contributed by atoms with van der Waals surface area (Å²) in [5.74, 6) is -1.44. The average Bonchev–Trinajstić information content (AvgIpc) is 1.98. The first-order chi connectivity index (χ1) is 7.10. The standard InChI is InChI=1S/C7H15ClNO6P/c1-2-3-6(8)9(12,4-7(10)11)5-16(13,14)15/h6H,2-5H2,1H3,(H,10,11)(H2,13,14,15). The average molecular weight is 276 g/mol. The van der Waals surface area contributed by atoms with Crippen molar-refractivity contribution in [2.24, 2.45) is 0 Å². The molecule has 16 heavy (non-hydrogen) atoms. The lowest BCUT2D eigenvalue weighted by atomic mass is 10.3. The van der Waals surface area contributed by atoms with Gasteiger partial charge in [0.15, 0.2) is 18.3 Å². The third kappa shape index (κ3) is 5.79. The maximum Gasteiger partial charge on any atom is 0.379 e. The highest BCUT2D eigenvalue weighted by Gasteiger charge is 2.36. The van der Waals surface area contributed by atoms with Crippen LogP contribution in [-0.4, -0.2) is 43.8 Å². The summed E-state index contributed by atoms with van der Waals surface area (Å²) in [6, 6.07) is 0. The molecule has 0 aromatic heterocycles. The fourth-order valence-electron chi connectivity index (χ4n) is 1.25. The molecule has 0 aromatic carbocycles. The van der Waals surface area contributed by atoms with Crippen molar-refractivity contribution in [3.63, 3.8) is 0 Å². The smallest absolute Gasteiger partial charge is 0.379 e. The molecule has 7 nitrogen and oxygen atoms in total. The monoisotopic (exact) mass is 275 g/mol. The molecule has 0 bridgehead atoms. The van der Waals surface area contributed by atoms with E-state index in [0.29, 0.717) is 6.42 Å². The first-order valence-electron chi connectivity index (χ1n) is 4.59. The van der Waals surface area contributed by atoms with Gasteiger partial charge in [-0.15, -0.1) is 0 Å². The van der Waals surface area contributed by atoms with Crippen LogP contribution in [0.25, 0.3) is 0 Å². The number of hydrogen-bond acceptors (Lipinski definition) is 3. The second-order valence-corrected chi connectivity index (χ2v) is 5.65. The number of quaternary nitrogens is 1. The van der Waals surface area contributed by atoms with Crippen molar-refractivity contribution < 1.29 is 28.9 Å². The Kier molecular flexibility index (Phi) is 5.89. The summed E-state index contributed by atoms with van der Waals surface area (Å²) in [6.45, 7) is 0.775. The molecule has 0 heterocycles. The van der Waals surface area contributed by atoms with E-state index in [0.717, 1.165) is 0 Å². The summed E-state index contributed by atoms with van der Waals surface area (Å²) < 4.78 is 9.15. The lowest BCUT2D eigenvalue weighted by Crippen LogP contribution is -2.51. The highest BCUT2D eigenvalue weighted by molar-refractivity contribution is 7.51. The molecule has 0 saturated carbocycles. The SMILES string of the molecule is CCCC(Cl)[N+]([O-])(CC(=O)O)CP(=O)(O)O. The zero-order chi connectivity index (χ0) is 13.0. The van der Waals surface area contributed by atoms with Crippen molar-refractivity contribution in [2.75, 3.05) is 12.8 Å². The number of carboxylic acids is 1. The van der Waals surface area contributed by atoms with Gasteiger partial charge in [-0.25, -0.2) is 4.79 Å². The minimum atomic E-state index is -4.61. The number of carboxylic acid groups (broad SMARTS) is 1. The van der Waals surface area contributed by atoms with Crippen LogP contribution in [0.4, 0.5) is 0 Å². The van der Waals surface area contributed by atoms with Gasteiger partial charge in [0.2, 0.25) is 0 Å². The van der Waals surface area contributed by atoms with Gasteiger partial charge in [-0.3, -0.25) is 4.57 Å². The molecular weight excluding hydrogens is 261 g/mol. The van der Waals surface area contributed by atoms with Gasteiger partial charge < -0.3 is 24.7 Å². The molecule has 0 amide bonds. The molecule has 96 valence electrons. The predicted octanol–water partition coefficient (Wildman–Crippen LogP) is 0.886. The minimum absolute atomic E-state index is 0.193. The van der Waals surface area contributed by atoms with Gasteiger partial charge in [0, 0.05) is 6.42 Å². The summed E-state index contributed by atoms with van der Waals surface area (Å²) in [5.41, 5.74) is -1.17. The number of nitrogens with zero attached hydrogens (tertiary/aromatic N) is 1. The van der Waals surface area contributed by atoms with E-state index >= 15 is 0 Å². The van der Waals surface area contributed by atoms with E-state index in [9.17, 15) is 14.6 Å². The normalized spacial score (nSPS) is 17.8. The molecule has 0 spiro atoms. The van der Waals surface area contributed by atoms with Crippen molar-refractivity contribution in [2.45, 2.75) is 25.3 Å². The Morgan fingerprint density at radius 1 is 1.56 bits per heavy atom. The van der Waals surface area contributed by atoms with E-state index < -0.39 is 36.5 Å². The second-order valence-electron chi connectivity index (χ2n) is 3.53. The Balaban J connectivity index is 4.87. The van der Waals surface area contributed by atoms with Gasteiger partial charge >= 0.3 is 13.6 Å². The molecule has 0 aliphatic heterocycles. The van der Waals surface area contributed by atoms with E-state index in [4.69, 9.17) is 26.5 Å². The molecule has 0 saturated heterocycles. The number of halogens is 1. The molecule has 0 fully saturated rings. The number of hydrogen-bond donors (Lipinski definition) is 3. The molecule has 0 aliphatic carbocycles. The molecule has 9 heteroatoms. The number of carbonyl (C=O) groups is 1. The fraction of sp³-hybridized carbons (Fsp3) is 0.857. The summed E-state index contributed by atoms with van der Waals surface area (Å²) in [6.07, 6.45) is -0.400. The van der Waals surface area contributed by atoms with Crippen LogP contribution in [0, 0.1) is 5.21 Å². The summed E-state index contributed by atoms with van der Waals surface area (Å²) in [7, 11) is -4.61. The molecule has 0 rings (SSSR count). The highest BCUT2D eigenvalue weighted by Crippen LogP contribution is 2.40. The Morgan fingerprint density at radius 3 is 2.38 bits per heavy atom. The maximum absolute atomic E-state index is 12.0. The van der Waals surface area contributed by atoms with Crippen molar-refractivity contribution in [1.29, 1.82) is 0 Å². The predicted molar refractivity (Wildman–Crippen MR) is 57.6 cm³/mol. The highest BCUT2D eigenvalue weighted by atomic mass is 35.5. The maximum atomic E-state index is 12.0. The van der Waals surface area contributed by atoms with E-state index in [-0.39, 0.29) is 6.42 Å². The van der Waals surface area contributed by atoms with Crippen molar-refractivity contribution in [3.05, 3.63) is 5.21 Å². The number of rotatable bonds is 7. The van der Waals surface area contributed by atoms with E-state index in [1.807, 2.05) is 0 Å². The number of hydroxylamine groups is 3. The fourth-order valence-corrected chi connectivity index (χ4v) is 2.63. The molecule has 0 aliphatic rings. The van der Waals surface area contributed by atoms with Crippen molar-refractivity contribution in [1.82, 2.24) is 0 Å². The van der Waals surface area contributed by atoms with Crippen LogP contribution < -0.4 is 0 Å². The molecule has 2 unspecified atom stereocenters. The lowest BCUT2D eigenvalue weighted by Gasteiger charge is -2.44. The number of aliphatic carboxylic acids is 1. The molecule has 0 radical (unpaired) electrons. The third-order valence-electron chi connectivity index (χ3n) is 1.86. The second kappa shape index (κ2) is 5.95. The zero-order valence-corrected chi connectivity index (χ0v) is 10.4. The van der Waals surface area contributed by atoms with Crippen LogP contribution >= 0.6 is 19.2 Å². The van der Waals surface area contributed by atoms with E-state index in [2.05, 4.69) is 0 Å². The molecule has 2 atom stereocenters. The van der Waals surface area contributed by atoms with Crippen LogP contribution in [0.2, 0.25) is 0 Å².